The fourth-order valence-electron chi connectivity index (χ4n) is 3.68. The number of carbonyl (C=O) groups is 1. The third-order valence-corrected chi connectivity index (χ3v) is 5.06. The lowest BCUT2D eigenvalue weighted by atomic mass is 9.83. The van der Waals surface area contributed by atoms with Gasteiger partial charge in [-0.2, -0.15) is 18.2 Å². The summed E-state index contributed by atoms with van der Waals surface area (Å²) in [4.78, 5) is 12.0. The third kappa shape index (κ3) is 2.92. The maximum Gasteiger partial charge on any atom is 0.443 e. The van der Waals surface area contributed by atoms with Gasteiger partial charge in [0.2, 0.25) is 0 Å². The van der Waals surface area contributed by atoms with Crippen LogP contribution >= 0.6 is 0 Å². The third-order valence-electron chi connectivity index (χ3n) is 5.06. The summed E-state index contributed by atoms with van der Waals surface area (Å²) in [6.45, 7) is -0.436. The number of alkyl halides is 3. The maximum absolute atomic E-state index is 13.8. The number of fused-ring (bicyclic) bond motifs is 1. The number of hydroxylamine groups is 2. The molecule has 2 N–H and O–H groups in total. The molecule has 5 nitrogen and oxygen atoms in total. The van der Waals surface area contributed by atoms with Crippen molar-refractivity contribution in [1.29, 1.82) is 0 Å². The van der Waals surface area contributed by atoms with E-state index < -0.39 is 35.6 Å². The molecule has 2 aliphatic rings. The number of hydrogen-bond acceptors (Lipinski definition) is 4. The minimum absolute atomic E-state index is 0.00896. The molecule has 1 unspecified atom stereocenters. The molecule has 0 spiro atoms. The minimum atomic E-state index is -5.04. The Balaban J connectivity index is 1.87. The average molecular weight is 359 g/mol. The zero-order valence-corrected chi connectivity index (χ0v) is 13.6. The number of rotatable bonds is 4. The van der Waals surface area contributed by atoms with E-state index in [-0.39, 0.29) is 17.0 Å². The largest absolute Gasteiger partial charge is 0.443 e. The quantitative estimate of drug-likeness (QED) is 0.809. The summed E-state index contributed by atoms with van der Waals surface area (Å²) in [5.74, 6) is -1.16. The van der Waals surface area contributed by atoms with E-state index in [1.165, 1.54) is 18.2 Å². The van der Waals surface area contributed by atoms with Gasteiger partial charge >= 0.3 is 6.18 Å². The molecule has 25 heavy (non-hydrogen) atoms. The lowest BCUT2D eigenvalue weighted by molar-refractivity contribution is -0.379. The van der Waals surface area contributed by atoms with Crippen molar-refractivity contribution < 1.29 is 33.0 Å². The first-order valence-corrected chi connectivity index (χ1v) is 8.27. The van der Waals surface area contributed by atoms with Crippen molar-refractivity contribution in [2.24, 2.45) is 0 Å². The summed E-state index contributed by atoms with van der Waals surface area (Å²) >= 11 is 0. The van der Waals surface area contributed by atoms with Gasteiger partial charge < -0.3 is 9.84 Å². The second-order valence-corrected chi connectivity index (χ2v) is 6.69. The predicted molar refractivity (Wildman–Crippen MR) is 80.7 cm³/mol. The van der Waals surface area contributed by atoms with Crippen molar-refractivity contribution in [3.8, 4) is 0 Å². The molecule has 1 heterocycles. The zero-order chi connectivity index (χ0) is 18.3. The van der Waals surface area contributed by atoms with E-state index in [9.17, 15) is 28.3 Å². The van der Waals surface area contributed by atoms with E-state index in [2.05, 4.69) is 0 Å². The van der Waals surface area contributed by atoms with Crippen molar-refractivity contribution in [2.45, 2.75) is 56.0 Å². The summed E-state index contributed by atoms with van der Waals surface area (Å²) in [6, 6.07) is 5.10. The molecule has 8 heteroatoms. The first-order chi connectivity index (χ1) is 11.7. The van der Waals surface area contributed by atoms with Crippen LogP contribution in [0.15, 0.2) is 24.3 Å². The van der Waals surface area contributed by atoms with Gasteiger partial charge in [-0.15, -0.1) is 0 Å². The van der Waals surface area contributed by atoms with E-state index in [4.69, 9.17) is 4.74 Å². The number of aliphatic hydroxyl groups is 1. The van der Waals surface area contributed by atoms with Gasteiger partial charge in [0.25, 0.3) is 11.6 Å². The highest BCUT2D eigenvalue weighted by Gasteiger charge is 2.68. The van der Waals surface area contributed by atoms with E-state index in [1.807, 2.05) is 0 Å². The van der Waals surface area contributed by atoms with Gasteiger partial charge in [0.05, 0.1) is 17.8 Å². The van der Waals surface area contributed by atoms with E-state index in [0.29, 0.717) is 12.8 Å². The van der Waals surface area contributed by atoms with Crippen LogP contribution in [-0.2, 0) is 10.5 Å². The van der Waals surface area contributed by atoms with Crippen LogP contribution in [0.3, 0.4) is 0 Å². The standard InChI is InChI=1S/C17H20F3NO4/c18-17(19,20)16(25-11-10-15(23)8-4-1-5-9-15)13-7-3-2-6-12(13)14(22)21(16)24/h2-3,6-7,23-24H,1,4-5,8-11H2. The molecule has 0 aromatic heterocycles. The number of halogens is 3. The van der Waals surface area contributed by atoms with Crippen molar-refractivity contribution >= 4 is 5.91 Å². The fraction of sp³-hybridized carbons (Fsp3) is 0.588. The highest BCUT2D eigenvalue weighted by atomic mass is 19.4. The molecule has 0 bridgehead atoms. The molecular weight excluding hydrogens is 339 g/mol. The van der Waals surface area contributed by atoms with Gasteiger partial charge in [-0.3, -0.25) is 10.0 Å². The number of ether oxygens (including phenoxy) is 1. The van der Waals surface area contributed by atoms with Gasteiger partial charge in [-0.1, -0.05) is 37.5 Å². The average Bonchev–Trinajstić information content (AvgIpc) is 2.78. The smallest absolute Gasteiger partial charge is 0.390 e. The summed E-state index contributed by atoms with van der Waals surface area (Å²) in [6.07, 6.45) is -1.40. The Morgan fingerprint density at radius 1 is 1.16 bits per heavy atom. The molecular formula is C17H20F3NO4. The number of carbonyl (C=O) groups excluding carboxylic acids is 1. The molecule has 3 rings (SSSR count). The van der Waals surface area contributed by atoms with Crippen LogP contribution in [0.2, 0.25) is 0 Å². The Kier molecular flexibility index (Phi) is 4.55. The Hall–Kier alpha value is -1.64. The Morgan fingerprint density at radius 2 is 1.80 bits per heavy atom. The molecule has 0 radical (unpaired) electrons. The molecule has 1 saturated carbocycles. The Bertz CT molecular complexity index is 658. The van der Waals surface area contributed by atoms with Crippen molar-refractivity contribution in [3.63, 3.8) is 0 Å². The Morgan fingerprint density at radius 3 is 2.44 bits per heavy atom. The zero-order valence-electron chi connectivity index (χ0n) is 13.6. The Labute approximate surface area is 143 Å². The van der Waals surface area contributed by atoms with Crippen LogP contribution in [0.1, 0.15) is 54.4 Å². The van der Waals surface area contributed by atoms with Crippen LogP contribution in [-0.4, -0.2) is 39.7 Å². The van der Waals surface area contributed by atoms with Crippen molar-refractivity contribution in [2.75, 3.05) is 6.61 Å². The van der Waals surface area contributed by atoms with Crippen LogP contribution in [0.5, 0.6) is 0 Å². The number of amides is 1. The first kappa shape index (κ1) is 18.2. The lowest BCUT2D eigenvalue weighted by Crippen LogP contribution is -2.55. The normalized spacial score (nSPS) is 26.0. The van der Waals surface area contributed by atoms with Gasteiger partial charge in [0.15, 0.2) is 0 Å². The predicted octanol–water partition coefficient (Wildman–Crippen LogP) is 3.35. The highest BCUT2D eigenvalue weighted by molar-refractivity contribution is 5.99. The molecule has 1 aliphatic carbocycles. The molecule has 0 saturated heterocycles. The molecule has 1 aromatic carbocycles. The van der Waals surface area contributed by atoms with Crippen LogP contribution in [0, 0.1) is 0 Å². The SMILES string of the molecule is O=C1c2ccccc2C(OCCC2(O)CCCCC2)(C(F)(F)F)N1O. The molecule has 1 fully saturated rings. The van der Waals surface area contributed by atoms with E-state index in [0.717, 1.165) is 25.3 Å². The van der Waals surface area contributed by atoms with E-state index in [1.54, 1.807) is 0 Å². The second kappa shape index (κ2) is 6.26. The van der Waals surface area contributed by atoms with Gasteiger partial charge in [0, 0.05) is 5.56 Å². The highest BCUT2D eigenvalue weighted by Crippen LogP contribution is 2.50. The van der Waals surface area contributed by atoms with Crippen LogP contribution in [0.25, 0.3) is 0 Å². The summed E-state index contributed by atoms with van der Waals surface area (Å²) in [5.41, 5.74) is -5.00. The first-order valence-electron chi connectivity index (χ1n) is 8.27. The molecule has 1 aliphatic heterocycles. The summed E-state index contributed by atoms with van der Waals surface area (Å²) < 4.78 is 46.6. The molecule has 138 valence electrons. The van der Waals surface area contributed by atoms with Gasteiger partial charge in [-0.25, -0.2) is 0 Å². The van der Waals surface area contributed by atoms with Crippen LogP contribution in [0.4, 0.5) is 13.2 Å². The van der Waals surface area contributed by atoms with Crippen molar-refractivity contribution in [3.05, 3.63) is 35.4 Å². The second-order valence-electron chi connectivity index (χ2n) is 6.69. The van der Waals surface area contributed by atoms with Gasteiger partial charge in [0.1, 0.15) is 0 Å². The minimum Gasteiger partial charge on any atom is -0.390 e. The summed E-state index contributed by atoms with van der Waals surface area (Å²) in [5, 5.41) is 20.0. The maximum atomic E-state index is 13.8. The fourth-order valence-corrected chi connectivity index (χ4v) is 3.68. The lowest BCUT2D eigenvalue weighted by Gasteiger charge is -2.38. The molecule has 1 atom stereocenters. The van der Waals surface area contributed by atoms with Crippen LogP contribution < -0.4 is 0 Å². The van der Waals surface area contributed by atoms with Crippen molar-refractivity contribution in [1.82, 2.24) is 5.06 Å². The number of benzene rings is 1. The number of nitrogens with zero attached hydrogens (tertiary/aromatic N) is 1. The topological polar surface area (TPSA) is 70.0 Å². The monoisotopic (exact) mass is 359 g/mol. The molecule has 1 amide bonds. The van der Waals surface area contributed by atoms with E-state index >= 15 is 0 Å². The number of hydrogen-bond donors (Lipinski definition) is 2. The molecule has 1 aromatic rings. The van der Waals surface area contributed by atoms with Gasteiger partial charge in [-0.05, 0) is 25.3 Å². The summed E-state index contributed by atoms with van der Waals surface area (Å²) in [7, 11) is 0.